The van der Waals surface area contributed by atoms with Gasteiger partial charge in [0.1, 0.15) is 0 Å². The van der Waals surface area contributed by atoms with E-state index in [0.717, 1.165) is 0 Å². The van der Waals surface area contributed by atoms with Crippen molar-refractivity contribution in [2.24, 2.45) is 7.05 Å². The summed E-state index contributed by atoms with van der Waals surface area (Å²) in [6.07, 6.45) is 2.79. The van der Waals surface area contributed by atoms with Gasteiger partial charge in [0.05, 0.1) is 19.0 Å². The number of hydrogen-bond donors (Lipinski definition) is 1. The van der Waals surface area contributed by atoms with Crippen LogP contribution < -0.4 is 4.72 Å². The minimum absolute atomic E-state index is 0.0722. The van der Waals surface area contributed by atoms with Gasteiger partial charge in [0.15, 0.2) is 5.03 Å². The highest BCUT2D eigenvalue weighted by molar-refractivity contribution is 7.92. The second kappa shape index (κ2) is 5.33. The van der Waals surface area contributed by atoms with E-state index in [4.69, 9.17) is 0 Å². The van der Waals surface area contributed by atoms with Gasteiger partial charge in [-0.3, -0.25) is 4.72 Å². The van der Waals surface area contributed by atoms with E-state index >= 15 is 0 Å². The third-order valence-electron chi connectivity index (χ3n) is 2.51. The SMILES string of the molecule is COC(=O)c1ccc(NS(=O)(=O)c2cn(C)cn2)cc1. The zero-order chi connectivity index (χ0) is 14.8. The molecule has 8 heteroatoms. The number of ether oxygens (including phenoxy) is 1. The summed E-state index contributed by atoms with van der Waals surface area (Å²) in [6, 6.07) is 5.91. The van der Waals surface area contributed by atoms with Crippen molar-refractivity contribution < 1.29 is 17.9 Å². The molecule has 20 heavy (non-hydrogen) atoms. The smallest absolute Gasteiger partial charge is 0.337 e. The molecule has 1 aromatic heterocycles. The van der Waals surface area contributed by atoms with Crippen LogP contribution in [-0.2, 0) is 21.8 Å². The molecule has 0 aliphatic heterocycles. The van der Waals surface area contributed by atoms with E-state index in [0.29, 0.717) is 11.3 Å². The minimum atomic E-state index is -3.73. The lowest BCUT2D eigenvalue weighted by Gasteiger charge is -2.06. The number of aromatic nitrogens is 2. The summed E-state index contributed by atoms with van der Waals surface area (Å²) in [5.74, 6) is -0.482. The first-order valence-electron chi connectivity index (χ1n) is 5.61. The van der Waals surface area contributed by atoms with E-state index in [2.05, 4.69) is 14.4 Å². The molecular weight excluding hydrogens is 282 g/mol. The fourth-order valence-electron chi connectivity index (χ4n) is 1.53. The summed E-state index contributed by atoms with van der Waals surface area (Å²) >= 11 is 0. The number of carbonyl (C=O) groups is 1. The van der Waals surface area contributed by atoms with Crippen molar-refractivity contribution in [3.05, 3.63) is 42.4 Å². The van der Waals surface area contributed by atoms with E-state index in [1.807, 2.05) is 0 Å². The van der Waals surface area contributed by atoms with E-state index < -0.39 is 16.0 Å². The Kier molecular flexibility index (Phi) is 3.75. The highest BCUT2D eigenvalue weighted by Gasteiger charge is 2.17. The predicted octanol–water partition coefficient (Wildman–Crippen LogP) is 1.01. The number of hydrogen-bond acceptors (Lipinski definition) is 5. The summed E-state index contributed by atoms with van der Waals surface area (Å²) in [5.41, 5.74) is 0.677. The molecule has 0 saturated carbocycles. The van der Waals surface area contributed by atoms with Gasteiger partial charge in [-0.05, 0) is 24.3 Å². The number of benzene rings is 1. The monoisotopic (exact) mass is 295 g/mol. The topological polar surface area (TPSA) is 90.3 Å². The molecule has 0 aliphatic carbocycles. The number of sulfonamides is 1. The molecule has 1 N–H and O–H groups in total. The second-order valence-electron chi connectivity index (χ2n) is 4.05. The molecule has 2 rings (SSSR count). The fraction of sp³-hybridized carbons (Fsp3) is 0.167. The van der Waals surface area contributed by atoms with Crippen LogP contribution in [0, 0.1) is 0 Å². The number of nitrogens with one attached hydrogen (secondary N) is 1. The van der Waals surface area contributed by atoms with Crippen LogP contribution in [-0.4, -0.2) is 31.0 Å². The molecule has 106 valence electrons. The number of anilines is 1. The lowest BCUT2D eigenvalue weighted by Crippen LogP contribution is -2.13. The Bertz CT molecular complexity index is 719. The fourth-order valence-corrected chi connectivity index (χ4v) is 2.57. The van der Waals surface area contributed by atoms with Crippen molar-refractivity contribution in [3.63, 3.8) is 0 Å². The summed E-state index contributed by atoms with van der Waals surface area (Å²) in [6.45, 7) is 0. The number of rotatable bonds is 4. The normalized spacial score (nSPS) is 11.1. The van der Waals surface area contributed by atoms with Crippen LogP contribution in [0.15, 0.2) is 41.8 Å². The summed E-state index contributed by atoms with van der Waals surface area (Å²) in [5, 5.41) is -0.0722. The van der Waals surface area contributed by atoms with Crippen LogP contribution in [0.2, 0.25) is 0 Å². The third-order valence-corrected chi connectivity index (χ3v) is 3.78. The molecule has 0 atom stereocenters. The largest absolute Gasteiger partial charge is 0.465 e. The highest BCUT2D eigenvalue weighted by atomic mass is 32.2. The van der Waals surface area contributed by atoms with Crippen molar-refractivity contribution in [1.82, 2.24) is 9.55 Å². The Morgan fingerprint density at radius 1 is 1.30 bits per heavy atom. The molecule has 1 heterocycles. The van der Waals surface area contributed by atoms with E-state index in [1.54, 1.807) is 7.05 Å². The van der Waals surface area contributed by atoms with Gasteiger partial charge in [0.2, 0.25) is 0 Å². The molecule has 7 nitrogen and oxygen atoms in total. The average molecular weight is 295 g/mol. The van der Waals surface area contributed by atoms with Gasteiger partial charge in [-0.1, -0.05) is 0 Å². The zero-order valence-electron chi connectivity index (χ0n) is 10.9. The van der Waals surface area contributed by atoms with Gasteiger partial charge >= 0.3 is 5.97 Å². The van der Waals surface area contributed by atoms with E-state index in [1.165, 1.54) is 48.5 Å². The van der Waals surface area contributed by atoms with Crippen LogP contribution in [0.3, 0.4) is 0 Å². The molecule has 0 saturated heterocycles. The van der Waals surface area contributed by atoms with Crippen LogP contribution in [0.4, 0.5) is 5.69 Å². The number of esters is 1. The molecule has 0 spiro atoms. The molecule has 0 unspecified atom stereocenters. The first kappa shape index (κ1) is 14.1. The molecule has 2 aromatic rings. The summed E-state index contributed by atoms with van der Waals surface area (Å²) in [4.78, 5) is 15.0. The standard InChI is InChI=1S/C12H13N3O4S/c1-15-7-11(13-8-15)20(17,18)14-10-5-3-9(4-6-10)12(16)19-2/h3-8,14H,1-2H3. The number of nitrogens with zero attached hydrogens (tertiary/aromatic N) is 2. The first-order valence-corrected chi connectivity index (χ1v) is 7.10. The number of carbonyl (C=O) groups excluding carboxylic acids is 1. The maximum atomic E-state index is 12.0. The van der Waals surface area contributed by atoms with Crippen LogP contribution in [0.1, 0.15) is 10.4 Å². The van der Waals surface area contributed by atoms with Gasteiger partial charge in [-0.2, -0.15) is 8.42 Å². The van der Waals surface area contributed by atoms with Crippen molar-refractivity contribution in [2.75, 3.05) is 11.8 Å². The van der Waals surface area contributed by atoms with Crippen molar-refractivity contribution >= 4 is 21.7 Å². The molecule has 0 amide bonds. The van der Waals surface area contributed by atoms with E-state index in [9.17, 15) is 13.2 Å². The molecule has 1 aromatic carbocycles. The molecule has 0 radical (unpaired) electrons. The zero-order valence-corrected chi connectivity index (χ0v) is 11.7. The molecule has 0 aliphatic rings. The van der Waals surface area contributed by atoms with Gasteiger partial charge in [-0.15, -0.1) is 0 Å². The lowest BCUT2D eigenvalue weighted by molar-refractivity contribution is 0.0601. The van der Waals surface area contributed by atoms with Crippen LogP contribution in [0.5, 0.6) is 0 Å². The number of aryl methyl sites for hydroxylation is 1. The van der Waals surface area contributed by atoms with Crippen molar-refractivity contribution in [2.45, 2.75) is 5.03 Å². The average Bonchev–Trinajstić information content (AvgIpc) is 2.86. The Morgan fingerprint density at radius 2 is 1.95 bits per heavy atom. The lowest BCUT2D eigenvalue weighted by atomic mass is 10.2. The Morgan fingerprint density at radius 3 is 2.45 bits per heavy atom. The number of methoxy groups -OCH3 is 1. The van der Waals surface area contributed by atoms with Crippen LogP contribution in [0.25, 0.3) is 0 Å². The van der Waals surface area contributed by atoms with Crippen LogP contribution >= 0.6 is 0 Å². The Hall–Kier alpha value is -2.35. The van der Waals surface area contributed by atoms with Crippen molar-refractivity contribution in [1.29, 1.82) is 0 Å². The minimum Gasteiger partial charge on any atom is -0.465 e. The summed E-state index contributed by atoms with van der Waals surface area (Å²) in [7, 11) is -0.774. The predicted molar refractivity (Wildman–Crippen MR) is 71.8 cm³/mol. The molecule has 0 fully saturated rings. The van der Waals surface area contributed by atoms with Gasteiger partial charge in [0, 0.05) is 18.9 Å². The van der Waals surface area contributed by atoms with Crippen molar-refractivity contribution in [3.8, 4) is 0 Å². The maximum absolute atomic E-state index is 12.0. The van der Waals surface area contributed by atoms with E-state index in [-0.39, 0.29) is 5.03 Å². The molecule has 0 bridgehead atoms. The first-order chi connectivity index (χ1) is 9.42. The highest BCUT2D eigenvalue weighted by Crippen LogP contribution is 2.15. The maximum Gasteiger partial charge on any atom is 0.337 e. The number of imidazole rings is 1. The van der Waals surface area contributed by atoms with Gasteiger partial charge < -0.3 is 9.30 Å². The quantitative estimate of drug-likeness (QED) is 0.850. The Labute approximate surface area is 116 Å². The molecular formula is C12H13N3O4S. The second-order valence-corrected chi connectivity index (χ2v) is 5.68. The Balaban J connectivity index is 2.20. The van der Waals surface area contributed by atoms with Gasteiger partial charge in [0.25, 0.3) is 10.0 Å². The third kappa shape index (κ3) is 2.97. The summed E-state index contributed by atoms with van der Waals surface area (Å²) < 4.78 is 32.5. The van der Waals surface area contributed by atoms with Gasteiger partial charge in [-0.25, -0.2) is 9.78 Å².